The molecule has 0 spiro atoms. The highest BCUT2D eigenvalue weighted by Crippen LogP contribution is 2.38. The van der Waals surface area contributed by atoms with Crippen molar-refractivity contribution in [2.45, 2.75) is 19.3 Å². The molecule has 1 aromatic heterocycles. The van der Waals surface area contributed by atoms with Crippen LogP contribution in [0.4, 0.5) is 5.69 Å². The third-order valence-corrected chi connectivity index (χ3v) is 3.78. The van der Waals surface area contributed by atoms with E-state index in [1.807, 2.05) is 31.2 Å². The summed E-state index contributed by atoms with van der Waals surface area (Å²) in [5, 5.41) is 0. The van der Waals surface area contributed by atoms with E-state index in [1.54, 1.807) is 11.0 Å². The minimum absolute atomic E-state index is 0.0786. The van der Waals surface area contributed by atoms with E-state index in [0.29, 0.717) is 24.8 Å². The van der Waals surface area contributed by atoms with Crippen molar-refractivity contribution in [1.29, 1.82) is 0 Å². The Morgan fingerprint density at radius 1 is 1.35 bits per heavy atom. The molecule has 20 heavy (non-hydrogen) atoms. The number of nitrogens with zero attached hydrogens (tertiary/aromatic N) is 1. The number of fused-ring (bicyclic) bond motifs is 1. The topological polar surface area (TPSA) is 59.5 Å². The lowest BCUT2D eigenvalue weighted by Gasteiger charge is -2.16. The zero-order chi connectivity index (χ0) is 14.1. The van der Waals surface area contributed by atoms with Gasteiger partial charge in [-0.3, -0.25) is 4.79 Å². The van der Waals surface area contributed by atoms with E-state index in [1.165, 1.54) is 5.56 Å². The molecule has 2 heterocycles. The molecule has 4 heteroatoms. The van der Waals surface area contributed by atoms with Crippen LogP contribution in [-0.4, -0.2) is 19.0 Å². The summed E-state index contributed by atoms with van der Waals surface area (Å²) < 4.78 is 5.45. The predicted molar refractivity (Wildman–Crippen MR) is 78.0 cm³/mol. The van der Waals surface area contributed by atoms with Gasteiger partial charge in [0.25, 0.3) is 5.91 Å². The molecule has 1 aromatic carbocycles. The maximum Gasteiger partial charge on any atom is 0.293 e. The zero-order valence-electron chi connectivity index (χ0n) is 11.5. The minimum Gasteiger partial charge on any atom is -0.456 e. The number of aryl methyl sites for hydroxylation is 1. The quantitative estimate of drug-likeness (QED) is 0.932. The van der Waals surface area contributed by atoms with Gasteiger partial charge in [-0.2, -0.15) is 0 Å². The van der Waals surface area contributed by atoms with Gasteiger partial charge in [0, 0.05) is 18.2 Å². The highest BCUT2D eigenvalue weighted by atomic mass is 16.3. The van der Waals surface area contributed by atoms with Crippen molar-refractivity contribution in [3.05, 3.63) is 53.5 Å². The van der Waals surface area contributed by atoms with E-state index >= 15 is 0 Å². The fraction of sp³-hybridized carbons (Fsp3) is 0.312. The number of anilines is 1. The number of amides is 1. The van der Waals surface area contributed by atoms with E-state index in [2.05, 4.69) is 6.07 Å². The number of carbonyl (C=O) groups is 1. The lowest BCUT2D eigenvalue weighted by Crippen LogP contribution is -2.29. The van der Waals surface area contributed by atoms with Gasteiger partial charge >= 0.3 is 0 Å². The molecule has 2 aromatic rings. The van der Waals surface area contributed by atoms with Crippen molar-refractivity contribution >= 4 is 11.6 Å². The first-order valence-electron chi connectivity index (χ1n) is 6.88. The maximum atomic E-state index is 12.6. The van der Waals surface area contributed by atoms with Crippen LogP contribution < -0.4 is 10.6 Å². The predicted octanol–water partition coefficient (Wildman–Crippen LogP) is 2.68. The summed E-state index contributed by atoms with van der Waals surface area (Å²) in [6.07, 6.45) is 0.887. The van der Waals surface area contributed by atoms with Crippen LogP contribution in [0.2, 0.25) is 0 Å². The first kappa shape index (κ1) is 12.9. The molecule has 4 nitrogen and oxygen atoms in total. The van der Waals surface area contributed by atoms with Gasteiger partial charge in [0.1, 0.15) is 5.76 Å². The Hall–Kier alpha value is -2.07. The Labute approximate surface area is 118 Å². The molecular weight excluding hydrogens is 252 g/mol. The molecular formula is C16H18N2O2. The largest absolute Gasteiger partial charge is 0.456 e. The average Bonchev–Trinajstić information content (AvgIpc) is 3.04. The van der Waals surface area contributed by atoms with E-state index in [-0.39, 0.29) is 5.91 Å². The van der Waals surface area contributed by atoms with Crippen LogP contribution in [0.25, 0.3) is 0 Å². The molecule has 1 unspecified atom stereocenters. The van der Waals surface area contributed by atoms with Crippen LogP contribution in [0, 0.1) is 6.92 Å². The number of nitrogens with two attached hydrogens (primary N) is 1. The molecule has 0 bridgehead atoms. The molecule has 1 aliphatic rings. The molecule has 0 saturated heterocycles. The van der Waals surface area contributed by atoms with Crippen LogP contribution in [0.15, 0.2) is 40.8 Å². The van der Waals surface area contributed by atoms with Crippen molar-refractivity contribution in [2.24, 2.45) is 5.73 Å². The number of para-hydroxylation sites is 1. The van der Waals surface area contributed by atoms with Crippen molar-refractivity contribution in [2.75, 3.05) is 18.0 Å². The average molecular weight is 270 g/mol. The maximum absolute atomic E-state index is 12.6. The molecule has 0 fully saturated rings. The summed E-state index contributed by atoms with van der Waals surface area (Å²) in [4.78, 5) is 14.4. The first-order valence-corrected chi connectivity index (χ1v) is 6.88. The second-order valence-electron chi connectivity index (χ2n) is 5.16. The van der Waals surface area contributed by atoms with E-state index in [4.69, 9.17) is 10.2 Å². The standard InChI is InChI=1S/C16H18N2O2/c1-11-6-7-15(20-11)16(19)18-10-12(8-9-17)13-4-2-3-5-14(13)18/h2-7,12H,8-10,17H2,1H3. The smallest absolute Gasteiger partial charge is 0.293 e. The van der Waals surface area contributed by atoms with Gasteiger partial charge < -0.3 is 15.1 Å². The second-order valence-corrected chi connectivity index (χ2v) is 5.16. The van der Waals surface area contributed by atoms with E-state index < -0.39 is 0 Å². The fourth-order valence-electron chi connectivity index (χ4n) is 2.82. The van der Waals surface area contributed by atoms with Crippen LogP contribution in [0.3, 0.4) is 0 Å². The van der Waals surface area contributed by atoms with Gasteiger partial charge in [0.15, 0.2) is 5.76 Å². The molecule has 3 rings (SSSR count). The lowest BCUT2D eigenvalue weighted by molar-refractivity contribution is 0.0960. The highest BCUT2D eigenvalue weighted by Gasteiger charge is 2.33. The minimum atomic E-state index is -0.0786. The monoisotopic (exact) mass is 270 g/mol. The van der Waals surface area contributed by atoms with Crippen LogP contribution in [0.5, 0.6) is 0 Å². The number of rotatable bonds is 3. The van der Waals surface area contributed by atoms with Gasteiger partial charge in [-0.25, -0.2) is 0 Å². The Kier molecular flexibility index (Phi) is 3.32. The summed E-state index contributed by atoms with van der Waals surface area (Å²) in [7, 11) is 0. The van der Waals surface area contributed by atoms with E-state index in [9.17, 15) is 4.79 Å². The third-order valence-electron chi connectivity index (χ3n) is 3.78. The second kappa shape index (κ2) is 5.13. The first-order chi connectivity index (χ1) is 9.70. The fourth-order valence-corrected chi connectivity index (χ4v) is 2.82. The van der Waals surface area contributed by atoms with Gasteiger partial charge in [-0.1, -0.05) is 18.2 Å². The summed E-state index contributed by atoms with van der Waals surface area (Å²) in [5.74, 6) is 1.38. The summed E-state index contributed by atoms with van der Waals surface area (Å²) in [6, 6.07) is 11.6. The van der Waals surface area contributed by atoms with Gasteiger partial charge in [0.05, 0.1) is 0 Å². The highest BCUT2D eigenvalue weighted by molar-refractivity contribution is 6.05. The number of benzene rings is 1. The van der Waals surface area contributed by atoms with Crippen molar-refractivity contribution in [3.8, 4) is 0 Å². The molecule has 1 aliphatic heterocycles. The van der Waals surface area contributed by atoms with E-state index in [0.717, 1.165) is 17.9 Å². The molecule has 104 valence electrons. The number of hydrogen-bond donors (Lipinski definition) is 1. The molecule has 1 amide bonds. The van der Waals surface area contributed by atoms with Crippen LogP contribution >= 0.6 is 0 Å². The Morgan fingerprint density at radius 2 is 2.15 bits per heavy atom. The van der Waals surface area contributed by atoms with Crippen molar-refractivity contribution in [1.82, 2.24) is 0 Å². The van der Waals surface area contributed by atoms with Crippen molar-refractivity contribution in [3.63, 3.8) is 0 Å². The van der Waals surface area contributed by atoms with Gasteiger partial charge in [0.2, 0.25) is 0 Å². The van der Waals surface area contributed by atoms with Gasteiger partial charge in [-0.15, -0.1) is 0 Å². The molecule has 0 saturated carbocycles. The van der Waals surface area contributed by atoms with Crippen LogP contribution in [0.1, 0.15) is 34.2 Å². The Bertz CT molecular complexity index is 633. The van der Waals surface area contributed by atoms with Crippen molar-refractivity contribution < 1.29 is 9.21 Å². The summed E-state index contributed by atoms with van der Waals surface area (Å²) in [6.45, 7) is 3.14. The Morgan fingerprint density at radius 3 is 2.85 bits per heavy atom. The summed E-state index contributed by atoms with van der Waals surface area (Å²) in [5.41, 5.74) is 7.86. The van der Waals surface area contributed by atoms with Crippen LogP contribution in [-0.2, 0) is 0 Å². The SMILES string of the molecule is Cc1ccc(C(=O)N2CC(CCN)c3ccccc32)o1. The molecule has 0 aliphatic carbocycles. The molecule has 1 atom stereocenters. The number of hydrogen-bond acceptors (Lipinski definition) is 3. The Balaban J connectivity index is 1.93. The third kappa shape index (κ3) is 2.12. The van der Waals surface area contributed by atoms with Gasteiger partial charge in [-0.05, 0) is 43.7 Å². The normalized spacial score (nSPS) is 17.3. The number of furan rings is 1. The molecule has 2 N–H and O–H groups in total. The lowest BCUT2D eigenvalue weighted by atomic mass is 9.98. The molecule has 0 radical (unpaired) electrons. The summed E-state index contributed by atoms with van der Waals surface area (Å²) >= 11 is 0. The zero-order valence-corrected chi connectivity index (χ0v) is 11.5. The number of carbonyl (C=O) groups excluding carboxylic acids is 1.